The van der Waals surface area contributed by atoms with Gasteiger partial charge < -0.3 is 15.4 Å². The van der Waals surface area contributed by atoms with E-state index in [4.69, 9.17) is 0 Å². The van der Waals surface area contributed by atoms with Gasteiger partial charge in [-0.05, 0) is 23.8 Å². The number of nitrogens with one attached hydrogen (secondary N) is 1. The maximum atomic E-state index is 12.1. The van der Waals surface area contributed by atoms with Crippen molar-refractivity contribution in [2.24, 2.45) is 0 Å². The molecule has 0 saturated carbocycles. The fourth-order valence-corrected chi connectivity index (χ4v) is 2.28. The van der Waals surface area contributed by atoms with Crippen molar-refractivity contribution in [2.75, 3.05) is 0 Å². The SMILES string of the molecule is CCC(NC(=O)Cn1nc(C)cc1[N+](=O)[O-])c1ccccc1. The molecule has 2 rings (SSSR count). The first-order chi connectivity index (χ1) is 10.5. The van der Waals surface area contributed by atoms with Gasteiger partial charge >= 0.3 is 5.82 Å². The molecule has 0 saturated heterocycles. The summed E-state index contributed by atoms with van der Waals surface area (Å²) in [4.78, 5) is 22.5. The molecule has 0 fully saturated rings. The number of hydrogen-bond donors (Lipinski definition) is 1. The first-order valence-corrected chi connectivity index (χ1v) is 7.04. The van der Waals surface area contributed by atoms with Crippen molar-refractivity contribution < 1.29 is 9.72 Å². The number of rotatable bonds is 6. The summed E-state index contributed by atoms with van der Waals surface area (Å²) >= 11 is 0. The Kier molecular flexibility index (Phi) is 4.88. The van der Waals surface area contributed by atoms with Gasteiger partial charge in [-0.3, -0.25) is 4.79 Å². The van der Waals surface area contributed by atoms with E-state index in [0.717, 1.165) is 16.7 Å². The normalized spacial score (nSPS) is 11.9. The molecule has 22 heavy (non-hydrogen) atoms. The minimum atomic E-state index is -0.540. The standard InChI is InChI=1S/C15H18N4O3/c1-3-13(12-7-5-4-6-8-12)16-14(20)10-18-15(19(21)22)9-11(2)17-18/h4-9,13H,3,10H2,1-2H3,(H,16,20). The number of benzene rings is 1. The van der Waals surface area contributed by atoms with E-state index in [0.29, 0.717) is 5.69 Å². The quantitative estimate of drug-likeness (QED) is 0.655. The van der Waals surface area contributed by atoms with Gasteiger partial charge in [0, 0.05) is 0 Å². The lowest BCUT2D eigenvalue weighted by molar-refractivity contribution is -0.392. The smallest absolute Gasteiger partial charge is 0.345 e. The fraction of sp³-hybridized carbons (Fsp3) is 0.333. The summed E-state index contributed by atoms with van der Waals surface area (Å²) in [5.41, 5.74) is 1.51. The van der Waals surface area contributed by atoms with E-state index < -0.39 is 4.92 Å². The van der Waals surface area contributed by atoms with E-state index in [1.807, 2.05) is 37.3 Å². The number of amides is 1. The summed E-state index contributed by atoms with van der Waals surface area (Å²) in [6.07, 6.45) is 0.732. The number of nitrogens with zero attached hydrogens (tertiary/aromatic N) is 3. The summed E-state index contributed by atoms with van der Waals surface area (Å²) in [6, 6.07) is 10.8. The number of carbonyl (C=O) groups is 1. The number of carbonyl (C=O) groups excluding carboxylic acids is 1. The van der Waals surface area contributed by atoms with Crippen LogP contribution >= 0.6 is 0 Å². The van der Waals surface area contributed by atoms with Gasteiger partial charge in [0.15, 0.2) is 6.54 Å². The van der Waals surface area contributed by atoms with Crippen LogP contribution in [0.15, 0.2) is 36.4 Å². The third-order valence-corrected chi connectivity index (χ3v) is 3.31. The zero-order valence-electron chi connectivity index (χ0n) is 12.5. The molecule has 1 atom stereocenters. The third kappa shape index (κ3) is 3.69. The molecular weight excluding hydrogens is 284 g/mol. The largest absolute Gasteiger partial charge is 0.358 e. The molecule has 1 aromatic carbocycles. The molecule has 116 valence electrons. The molecule has 0 bridgehead atoms. The second kappa shape index (κ2) is 6.84. The monoisotopic (exact) mass is 302 g/mol. The molecule has 1 N–H and O–H groups in total. The lowest BCUT2D eigenvalue weighted by Gasteiger charge is -2.16. The second-order valence-electron chi connectivity index (χ2n) is 5.00. The summed E-state index contributed by atoms with van der Waals surface area (Å²) < 4.78 is 1.11. The van der Waals surface area contributed by atoms with Gasteiger partial charge in [0.1, 0.15) is 0 Å². The summed E-state index contributed by atoms with van der Waals surface area (Å²) in [7, 11) is 0. The van der Waals surface area contributed by atoms with Crippen molar-refractivity contribution in [3.8, 4) is 0 Å². The first kappa shape index (κ1) is 15.7. The Morgan fingerprint density at radius 1 is 1.41 bits per heavy atom. The van der Waals surface area contributed by atoms with Crippen LogP contribution < -0.4 is 5.32 Å². The number of hydrogen-bond acceptors (Lipinski definition) is 4. The van der Waals surface area contributed by atoms with Gasteiger partial charge in [-0.25, -0.2) is 0 Å². The van der Waals surface area contributed by atoms with Crippen molar-refractivity contribution in [3.05, 3.63) is 57.8 Å². The molecule has 0 spiro atoms. The summed E-state index contributed by atoms with van der Waals surface area (Å²) in [5.74, 6) is -0.484. The van der Waals surface area contributed by atoms with Gasteiger partial charge in [0.25, 0.3) is 5.91 Å². The van der Waals surface area contributed by atoms with E-state index in [9.17, 15) is 14.9 Å². The highest BCUT2D eigenvalue weighted by molar-refractivity contribution is 5.76. The maximum absolute atomic E-state index is 12.1. The van der Waals surface area contributed by atoms with Gasteiger partial charge in [0.05, 0.1) is 17.8 Å². The molecule has 1 amide bonds. The average molecular weight is 302 g/mol. The molecule has 0 aliphatic carbocycles. The molecule has 2 aromatic rings. The van der Waals surface area contributed by atoms with Gasteiger partial charge in [-0.2, -0.15) is 0 Å². The van der Waals surface area contributed by atoms with Crippen LogP contribution in [0.3, 0.4) is 0 Å². The Labute approximate surface area is 128 Å². The van der Waals surface area contributed by atoms with E-state index in [1.54, 1.807) is 6.92 Å². The highest BCUT2D eigenvalue weighted by Gasteiger charge is 2.21. The minimum absolute atomic E-state index is 0.121. The number of nitro groups is 1. The highest BCUT2D eigenvalue weighted by atomic mass is 16.6. The zero-order valence-corrected chi connectivity index (χ0v) is 12.5. The molecule has 0 aliphatic heterocycles. The Morgan fingerprint density at radius 3 is 2.68 bits per heavy atom. The number of aromatic nitrogens is 2. The van der Waals surface area contributed by atoms with Crippen molar-refractivity contribution in [1.29, 1.82) is 0 Å². The van der Waals surface area contributed by atoms with Crippen LogP contribution in [0.1, 0.15) is 30.6 Å². The Morgan fingerprint density at radius 2 is 2.09 bits per heavy atom. The van der Waals surface area contributed by atoms with Crippen LogP contribution in [0, 0.1) is 17.0 Å². The van der Waals surface area contributed by atoms with Crippen LogP contribution in [0.5, 0.6) is 0 Å². The highest BCUT2D eigenvalue weighted by Crippen LogP contribution is 2.17. The van der Waals surface area contributed by atoms with Gasteiger partial charge in [-0.15, -0.1) is 4.68 Å². The Hall–Kier alpha value is -2.70. The molecule has 1 aromatic heterocycles. The van der Waals surface area contributed by atoms with E-state index in [-0.39, 0.29) is 24.3 Å². The predicted molar refractivity (Wildman–Crippen MR) is 81.2 cm³/mol. The Bertz CT molecular complexity index is 667. The third-order valence-electron chi connectivity index (χ3n) is 3.31. The lowest BCUT2D eigenvalue weighted by atomic mass is 10.0. The summed E-state index contributed by atoms with van der Waals surface area (Å²) in [6.45, 7) is 3.45. The molecule has 7 heteroatoms. The first-order valence-electron chi connectivity index (χ1n) is 7.04. The van der Waals surface area contributed by atoms with Crippen molar-refractivity contribution in [2.45, 2.75) is 32.9 Å². The van der Waals surface area contributed by atoms with E-state index in [2.05, 4.69) is 10.4 Å². The minimum Gasteiger partial charge on any atom is -0.358 e. The molecule has 1 unspecified atom stereocenters. The van der Waals surface area contributed by atoms with Crippen LogP contribution in [-0.4, -0.2) is 20.6 Å². The maximum Gasteiger partial charge on any atom is 0.345 e. The van der Waals surface area contributed by atoms with Crippen molar-refractivity contribution in [1.82, 2.24) is 15.1 Å². The molecule has 0 radical (unpaired) electrons. The molecular formula is C15H18N4O3. The van der Waals surface area contributed by atoms with Crippen LogP contribution in [0.4, 0.5) is 5.82 Å². The molecule has 7 nitrogen and oxygen atoms in total. The number of aryl methyl sites for hydroxylation is 1. The lowest BCUT2D eigenvalue weighted by Crippen LogP contribution is -2.31. The van der Waals surface area contributed by atoms with Crippen LogP contribution in [-0.2, 0) is 11.3 Å². The molecule has 1 heterocycles. The zero-order chi connectivity index (χ0) is 16.1. The van der Waals surface area contributed by atoms with Crippen LogP contribution in [0.2, 0.25) is 0 Å². The van der Waals surface area contributed by atoms with Crippen LogP contribution in [0.25, 0.3) is 0 Å². The Balaban J connectivity index is 2.08. The van der Waals surface area contributed by atoms with Crippen molar-refractivity contribution >= 4 is 11.7 Å². The average Bonchev–Trinajstić information content (AvgIpc) is 2.86. The predicted octanol–water partition coefficient (Wildman–Crippen LogP) is 2.37. The van der Waals surface area contributed by atoms with Crippen molar-refractivity contribution in [3.63, 3.8) is 0 Å². The fourth-order valence-electron chi connectivity index (χ4n) is 2.28. The topological polar surface area (TPSA) is 90.1 Å². The van der Waals surface area contributed by atoms with E-state index >= 15 is 0 Å². The van der Waals surface area contributed by atoms with Gasteiger partial charge in [-0.1, -0.05) is 42.4 Å². The van der Waals surface area contributed by atoms with Gasteiger partial charge in [0.2, 0.25) is 0 Å². The van der Waals surface area contributed by atoms with E-state index in [1.165, 1.54) is 6.07 Å². The molecule has 0 aliphatic rings. The summed E-state index contributed by atoms with van der Waals surface area (Å²) in [5, 5.41) is 17.8. The second-order valence-corrected chi connectivity index (χ2v) is 5.00.